The van der Waals surface area contributed by atoms with E-state index in [9.17, 15) is 29.3 Å². The Morgan fingerprint density at radius 3 is 2.57 bits per heavy atom. The number of rotatable bonds is 6. The third-order valence-corrected chi connectivity index (χ3v) is 5.49. The van der Waals surface area contributed by atoms with Crippen molar-refractivity contribution in [2.75, 3.05) is 5.32 Å². The summed E-state index contributed by atoms with van der Waals surface area (Å²) in [5.41, 5.74) is 9.47. The number of nitrogens with zero attached hydrogens (tertiary/aromatic N) is 2. The predicted molar refractivity (Wildman–Crippen MR) is 99.4 cm³/mol. The average molecular weight is 405 g/mol. The topological polar surface area (TPSA) is 180 Å². The number of carbonyl (C=O) groups is 3. The minimum absolute atomic E-state index is 0.245. The Labute approximate surface area is 161 Å². The van der Waals surface area contributed by atoms with Gasteiger partial charge in [0, 0.05) is 10.9 Å². The Hall–Kier alpha value is -3.54. The molecule has 0 unspecified atom stereocenters. The summed E-state index contributed by atoms with van der Waals surface area (Å²) in [5, 5.41) is 13.8. The number of nitro groups is 1. The van der Waals surface area contributed by atoms with Crippen LogP contribution in [0.1, 0.15) is 37.6 Å². The number of nitrogens with one attached hydrogen (secondary N) is 1. The molecule has 2 aromatic heterocycles. The van der Waals surface area contributed by atoms with Crippen LogP contribution < -0.4 is 22.3 Å². The van der Waals surface area contributed by atoms with Gasteiger partial charge in [-0.25, -0.2) is 0 Å². The number of primary amides is 2. The SMILES string of the molecule is NC(=O)c1c(NC(=O)Cn2cc([N+](=O)[O-])cc(C(N)=O)c2=O)sc2c1CCC2. The second-order valence-corrected chi connectivity index (χ2v) is 7.25. The molecular formula is C16H15N5O6S. The molecule has 28 heavy (non-hydrogen) atoms. The first kappa shape index (κ1) is 19.2. The molecule has 0 saturated heterocycles. The fourth-order valence-corrected chi connectivity index (χ4v) is 4.40. The maximum atomic E-state index is 12.4. The van der Waals surface area contributed by atoms with Crippen molar-refractivity contribution in [1.29, 1.82) is 0 Å². The van der Waals surface area contributed by atoms with Gasteiger partial charge in [-0.2, -0.15) is 0 Å². The van der Waals surface area contributed by atoms with E-state index in [-0.39, 0.29) is 10.6 Å². The molecule has 2 heterocycles. The molecule has 0 fully saturated rings. The van der Waals surface area contributed by atoms with E-state index in [0.29, 0.717) is 6.42 Å². The number of aryl methyl sites for hydroxylation is 1. The van der Waals surface area contributed by atoms with E-state index in [4.69, 9.17) is 11.5 Å². The van der Waals surface area contributed by atoms with Crippen molar-refractivity contribution in [2.45, 2.75) is 25.8 Å². The van der Waals surface area contributed by atoms with Gasteiger partial charge in [0.1, 0.15) is 17.1 Å². The van der Waals surface area contributed by atoms with Crippen LogP contribution in [0.4, 0.5) is 10.7 Å². The molecule has 0 atom stereocenters. The zero-order chi connectivity index (χ0) is 20.6. The fourth-order valence-electron chi connectivity index (χ4n) is 3.09. The Bertz CT molecular complexity index is 1090. The van der Waals surface area contributed by atoms with Gasteiger partial charge in [-0.05, 0) is 24.8 Å². The number of thiophene rings is 1. The van der Waals surface area contributed by atoms with Gasteiger partial charge < -0.3 is 16.8 Å². The van der Waals surface area contributed by atoms with E-state index in [0.717, 1.165) is 40.1 Å². The van der Waals surface area contributed by atoms with Crippen LogP contribution in [0.25, 0.3) is 0 Å². The van der Waals surface area contributed by atoms with Gasteiger partial charge in [0.25, 0.3) is 23.1 Å². The first-order chi connectivity index (χ1) is 13.2. The number of nitrogens with two attached hydrogens (primary N) is 2. The van der Waals surface area contributed by atoms with Crippen LogP contribution in [0.3, 0.4) is 0 Å². The number of amides is 3. The minimum atomic E-state index is -1.14. The number of aromatic nitrogens is 1. The van der Waals surface area contributed by atoms with Gasteiger partial charge in [0.2, 0.25) is 5.91 Å². The highest BCUT2D eigenvalue weighted by molar-refractivity contribution is 7.17. The number of hydrogen-bond acceptors (Lipinski definition) is 7. The van der Waals surface area contributed by atoms with Crippen molar-refractivity contribution in [3.8, 4) is 0 Å². The number of fused-ring (bicyclic) bond motifs is 1. The molecule has 0 aliphatic heterocycles. The van der Waals surface area contributed by atoms with E-state index in [2.05, 4.69) is 5.32 Å². The van der Waals surface area contributed by atoms with E-state index < -0.39 is 46.0 Å². The van der Waals surface area contributed by atoms with Gasteiger partial charge >= 0.3 is 0 Å². The van der Waals surface area contributed by atoms with Crippen LogP contribution in [-0.4, -0.2) is 27.2 Å². The summed E-state index contributed by atoms with van der Waals surface area (Å²) in [6, 6.07) is 0.758. The average Bonchev–Trinajstić information content (AvgIpc) is 3.16. The highest BCUT2D eigenvalue weighted by Gasteiger charge is 2.26. The molecule has 0 bridgehead atoms. The van der Waals surface area contributed by atoms with Crippen LogP contribution in [0, 0.1) is 10.1 Å². The molecule has 0 spiro atoms. The maximum absolute atomic E-state index is 12.4. The molecular weight excluding hydrogens is 390 g/mol. The van der Waals surface area contributed by atoms with Crippen molar-refractivity contribution in [2.24, 2.45) is 11.5 Å². The lowest BCUT2D eigenvalue weighted by Crippen LogP contribution is -2.33. The Morgan fingerprint density at radius 2 is 1.96 bits per heavy atom. The zero-order valence-corrected chi connectivity index (χ0v) is 15.2. The quantitative estimate of drug-likeness (QED) is 0.454. The highest BCUT2D eigenvalue weighted by Crippen LogP contribution is 2.38. The normalized spacial score (nSPS) is 12.4. The van der Waals surface area contributed by atoms with Crippen molar-refractivity contribution in [3.63, 3.8) is 0 Å². The first-order valence-corrected chi connectivity index (χ1v) is 8.93. The van der Waals surface area contributed by atoms with Crippen molar-refractivity contribution in [3.05, 3.63) is 54.3 Å². The lowest BCUT2D eigenvalue weighted by atomic mass is 10.1. The Kier molecular flexibility index (Phi) is 4.96. The van der Waals surface area contributed by atoms with Crippen LogP contribution in [0.15, 0.2) is 17.1 Å². The lowest BCUT2D eigenvalue weighted by Gasteiger charge is -2.09. The molecule has 1 aliphatic carbocycles. The molecule has 0 radical (unpaired) electrons. The molecule has 0 saturated carbocycles. The molecule has 5 N–H and O–H groups in total. The summed E-state index contributed by atoms with van der Waals surface area (Å²) in [7, 11) is 0. The molecule has 0 aromatic carbocycles. The van der Waals surface area contributed by atoms with E-state index in [1.165, 1.54) is 11.3 Å². The van der Waals surface area contributed by atoms with Crippen molar-refractivity contribution < 1.29 is 19.3 Å². The summed E-state index contributed by atoms with van der Waals surface area (Å²) in [6.07, 6.45) is 3.21. The standard InChI is InChI=1S/C16H15N5O6S/c17-13(23)9-4-7(21(26)27)5-20(16(9)25)6-11(22)19-15-12(14(18)24)8-2-1-3-10(8)28-15/h4-5H,1-3,6H2,(H2,17,23)(H2,18,24)(H,19,22). The van der Waals surface area contributed by atoms with Crippen molar-refractivity contribution in [1.82, 2.24) is 4.57 Å². The summed E-state index contributed by atoms with van der Waals surface area (Å²) < 4.78 is 0.721. The van der Waals surface area contributed by atoms with Gasteiger partial charge in [0.15, 0.2) is 0 Å². The van der Waals surface area contributed by atoms with Gasteiger partial charge in [-0.15, -0.1) is 11.3 Å². The third kappa shape index (κ3) is 3.49. The summed E-state index contributed by atoms with van der Waals surface area (Å²) in [6.45, 7) is -0.610. The van der Waals surface area contributed by atoms with Crippen LogP contribution in [0.2, 0.25) is 0 Å². The smallest absolute Gasteiger partial charge is 0.286 e. The van der Waals surface area contributed by atoms with Gasteiger partial charge in [-0.1, -0.05) is 0 Å². The van der Waals surface area contributed by atoms with E-state index in [1.807, 2.05) is 0 Å². The monoisotopic (exact) mass is 405 g/mol. The molecule has 146 valence electrons. The largest absolute Gasteiger partial charge is 0.365 e. The second-order valence-electron chi connectivity index (χ2n) is 6.14. The molecule has 2 aromatic rings. The van der Waals surface area contributed by atoms with E-state index in [1.54, 1.807) is 0 Å². The van der Waals surface area contributed by atoms with Crippen LogP contribution >= 0.6 is 11.3 Å². The summed E-state index contributed by atoms with van der Waals surface area (Å²) >= 11 is 1.23. The van der Waals surface area contributed by atoms with Gasteiger partial charge in [0.05, 0.1) is 16.7 Å². The molecule has 1 aliphatic rings. The molecule has 11 nitrogen and oxygen atoms in total. The lowest BCUT2D eigenvalue weighted by molar-refractivity contribution is -0.385. The van der Waals surface area contributed by atoms with Crippen LogP contribution in [-0.2, 0) is 24.2 Å². The van der Waals surface area contributed by atoms with Gasteiger partial charge in [-0.3, -0.25) is 33.9 Å². The number of pyridine rings is 1. The number of carbonyl (C=O) groups excluding carboxylic acids is 3. The third-order valence-electron chi connectivity index (χ3n) is 4.28. The van der Waals surface area contributed by atoms with E-state index >= 15 is 0 Å². The molecule has 12 heteroatoms. The van der Waals surface area contributed by atoms with Crippen LogP contribution in [0.5, 0.6) is 0 Å². The Morgan fingerprint density at radius 1 is 1.25 bits per heavy atom. The molecule has 3 amide bonds. The molecule has 3 rings (SSSR count). The minimum Gasteiger partial charge on any atom is -0.365 e. The Balaban J connectivity index is 1.91. The zero-order valence-electron chi connectivity index (χ0n) is 14.4. The maximum Gasteiger partial charge on any atom is 0.286 e. The number of hydrogen-bond donors (Lipinski definition) is 3. The predicted octanol–water partition coefficient (Wildman–Crippen LogP) is 0.143. The summed E-state index contributed by atoms with van der Waals surface area (Å²) in [5.74, 6) is -2.52. The van der Waals surface area contributed by atoms with Crippen molar-refractivity contribution >= 4 is 39.7 Å². The highest BCUT2D eigenvalue weighted by atomic mass is 32.1. The summed E-state index contributed by atoms with van der Waals surface area (Å²) in [4.78, 5) is 58.9. The fraction of sp³-hybridized carbons (Fsp3) is 0.250. The first-order valence-electron chi connectivity index (χ1n) is 8.12. The number of anilines is 1. The second kappa shape index (κ2) is 7.23.